The van der Waals surface area contributed by atoms with E-state index in [2.05, 4.69) is 103 Å². The Morgan fingerprint density at radius 2 is 1.27 bits per heavy atom. The summed E-state index contributed by atoms with van der Waals surface area (Å²) >= 11 is 0. The second kappa shape index (κ2) is 16.5. The minimum absolute atomic E-state index is 0.0137. The molecule has 0 spiro atoms. The Hall–Kier alpha value is -2.35. The van der Waals surface area contributed by atoms with Gasteiger partial charge in [0.05, 0.1) is 12.5 Å². The van der Waals surface area contributed by atoms with Gasteiger partial charge in [-0.15, -0.1) is 0 Å². The van der Waals surface area contributed by atoms with Crippen LogP contribution in [0, 0.1) is 0 Å². The third kappa shape index (κ3) is 9.16. The second-order valence-electron chi connectivity index (χ2n) is 11.4. The van der Waals surface area contributed by atoms with Gasteiger partial charge in [0, 0.05) is 5.41 Å². The van der Waals surface area contributed by atoms with Gasteiger partial charge in [-0.05, 0) is 36.8 Å². The molecule has 3 aromatic rings. The number of aryl methyl sites for hydroxylation is 1. The molecule has 0 saturated heterocycles. The normalized spacial score (nSPS) is 13.9. The van der Waals surface area contributed by atoms with Crippen LogP contribution in [0.3, 0.4) is 0 Å². The van der Waals surface area contributed by atoms with Crippen LogP contribution in [0.2, 0.25) is 0 Å². The first-order valence-electron chi connectivity index (χ1n) is 15.3. The van der Waals surface area contributed by atoms with Crippen molar-refractivity contribution in [3.63, 3.8) is 0 Å². The highest BCUT2D eigenvalue weighted by atomic mass is 15.1. The van der Waals surface area contributed by atoms with Crippen LogP contribution < -0.4 is 4.57 Å². The largest absolute Gasteiger partial charge is 0.258 e. The van der Waals surface area contributed by atoms with E-state index in [4.69, 9.17) is 0 Å². The Labute approximate surface area is 227 Å². The summed E-state index contributed by atoms with van der Waals surface area (Å²) in [5, 5.41) is 0. The van der Waals surface area contributed by atoms with Gasteiger partial charge in [-0.3, -0.25) is 0 Å². The molecule has 3 rings (SSSR count). The van der Waals surface area contributed by atoms with Gasteiger partial charge in [-0.2, -0.15) is 0 Å². The quantitative estimate of drug-likeness (QED) is 0.125. The SMILES string of the molecule is CCCCCCCCC(c1[nH]cc[n+]1CCCCCCCC)C(C)(Cc1ccccc1)c1ccccc1. The fourth-order valence-corrected chi connectivity index (χ4v) is 6.09. The molecule has 0 amide bonds. The predicted molar refractivity (Wildman–Crippen MR) is 159 cm³/mol. The summed E-state index contributed by atoms with van der Waals surface area (Å²) in [6.07, 6.45) is 22.8. The fourth-order valence-electron chi connectivity index (χ4n) is 6.09. The Morgan fingerprint density at radius 3 is 1.92 bits per heavy atom. The van der Waals surface area contributed by atoms with Crippen LogP contribution in [-0.2, 0) is 18.4 Å². The van der Waals surface area contributed by atoms with Crippen molar-refractivity contribution < 1.29 is 4.57 Å². The van der Waals surface area contributed by atoms with Crippen LogP contribution >= 0.6 is 0 Å². The van der Waals surface area contributed by atoms with Gasteiger partial charge in [0.2, 0.25) is 0 Å². The van der Waals surface area contributed by atoms with E-state index in [1.165, 1.54) is 100 Å². The molecule has 0 aliphatic heterocycles. The van der Waals surface area contributed by atoms with Crippen LogP contribution in [0.4, 0.5) is 0 Å². The van der Waals surface area contributed by atoms with Crippen LogP contribution in [0.5, 0.6) is 0 Å². The Kier molecular flexibility index (Phi) is 13.0. The second-order valence-corrected chi connectivity index (χ2v) is 11.4. The van der Waals surface area contributed by atoms with Crippen molar-refractivity contribution in [2.75, 3.05) is 0 Å². The van der Waals surface area contributed by atoms with Gasteiger partial charge >= 0.3 is 0 Å². The van der Waals surface area contributed by atoms with E-state index in [0.29, 0.717) is 5.92 Å². The zero-order valence-corrected chi connectivity index (χ0v) is 24.1. The standard InChI is InChI=1S/C35H52N2/c1-4-6-8-10-12-20-26-33(34-36-27-29-37(34)28-21-13-11-9-7-5-2)35(3,32-24-18-15-19-25-32)30-31-22-16-14-17-23-31/h14-19,22-25,27,29,33H,4-13,20-21,26,28,30H2,1-3H3/p+1. The molecule has 202 valence electrons. The molecule has 0 fully saturated rings. The Bertz CT molecular complexity index is 961. The Morgan fingerprint density at radius 1 is 0.703 bits per heavy atom. The number of benzene rings is 2. The van der Waals surface area contributed by atoms with E-state index < -0.39 is 0 Å². The predicted octanol–water partition coefficient (Wildman–Crippen LogP) is 9.70. The van der Waals surface area contributed by atoms with Gasteiger partial charge in [-0.1, -0.05) is 146 Å². The average Bonchev–Trinajstić information content (AvgIpc) is 3.39. The molecule has 0 aliphatic carbocycles. The summed E-state index contributed by atoms with van der Waals surface area (Å²) in [4.78, 5) is 3.75. The molecule has 2 atom stereocenters. The first-order valence-corrected chi connectivity index (χ1v) is 15.3. The zero-order valence-electron chi connectivity index (χ0n) is 24.1. The van der Waals surface area contributed by atoms with Crippen molar-refractivity contribution in [1.82, 2.24) is 4.98 Å². The topological polar surface area (TPSA) is 19.7 Å². The molecule has 0 saturated carbocycles. The minimum Gasteiger partial charge on any atom is -0.247 e. The van der Waals surface area contributed by atoms with Crippen LogP contribution in [0.1, 0.15) is 127 Å². The van der Waals surface area contributed by atoms with E-state index in [0.717, 1.165) is 13.0 Å². The number of aromatic amines is 1. The van der Waals surface area contributed by atoms with Crippen molar-refractivity contribution >= 4 is 0 Å². The number of rotatable bonds is 19. The molecule has 0 aliphatic rings. The van der Waals surface area contributed by atoms with Gasteiger partial charge in [0.25, 0.3) is 5.82 Å². The maximum Gasteiger partial charge on any atom is 0.258 e. The number of unbranched alkanes of at least 4 members (excludes halogenated alkanes) is 10. The highest BCUT2D eigenvalue weighted by molar-refractivity contribution is 5.32. The van der Waals surface area contributed by atoms with Crippen LogP contribution in [-0.4, -0.2) is 4.98 Å². The average molecular weight is 502 g/mol. The van der Waals surface area contributed by atoms with E-state index in [1.54, 1.807) is 0 Å². The van der Waals surface area contributed by atoms with Crippen molar-refractivity contribution in [1.29, 1.82) is 0 Å². The zero-order chi connectivity index (χ0) is 26.2. The lowest BCUT2D eigenvalue weighted by Crippen LogP contribution is -2.43. The first-order chi connectivity index (χ1) is 18.2. The lowest BCUT2D eigenvalue weighted by Gasteiger charge is -2.37. The molecule has 2 nitrogen and oxygen atoms in total. The molecule has 1 heterocycles. The third-order valence-corrected chi connectivity index (χ3v) is 8.34. The molecule has 1 aromatic heterocycles. The lowest BCUT2D eigenvalue weighted by molar-refractivity contribution is -0.705. The monoisotopic (exact) mass is 501 g/mol. The number of H-pyrrole nitrogens is 1. The number of hydrogen-bond donors (Lipinski definition) is 1. The maximum absolute atomic E-state index is 3.75. The van der Waals surface area contributed by atoms with Gasteiger partial charge in [-0.25, -0.2) is 9.55 Å². The molecule has 2 heteroatoms. The number of nitrogens with zero attached hydrogens (tertiary/aromatic N) is 1. The first kappa shape index (κ1) is 29.2. The molecule has 2 unspecified atom stereocenters. The molecule has 1 N–H and O–H groups in total. The molecule has 2 aromatic carbocycles. The van der Waals surface area contributed by atoms with Gasteiger partial charge in [0.1, 0.15) is 12.4 Å². The summed E-state index contributed by atoms with van der Waals surface area (Å²) in [6.45, 7) is 8.24. The summed E-state index contributed by atoms with van der Waals surface area (Å²) < 4.78 is 2.55. The van der Waals surface area contributed by atoms with Gasteiger partial charge < -0.3 is 0 Å². The minimum atomic E-state index is 0.0137. The maximum atomic E-state index is 3.75. The lowest BCUT2D eigenvalue weighted by atomic mass is 9.66. The smallest absolute Gasteiger partial charge is 0.247 e. The van der Waals surface area contributed by atoms with Gasteiger partial charge in [0.15, 0.2) is 0 Å². The third-order valence-electron chi connectivity index (χ3n) is 8.34. The highest BCUT2D eigenvalue weighted by Crippen LogP contribution is 2.43. The van der Waals surface area contributed by atoms with E-state index in [-0.39, 0.29) is 5.41 Å². The molecule has 37 heavy (non-hydrogen) atoms. The van der Waals surface area contributed by atoms with Crippen molar-refractivity contribution in [3.05, 3.63) is 90.0 Å². The number of nitrogens with one attached hydrogen (secondary N) is 1. The van der Waals surface area contributed by atoms with E-state index >= 15 is 0 Å². The number of imidazole rings is 1. The summed E-state index contributed by atoms with van der Waals surface area (Å²) in [5.74, 6) is 1.86. The Balaban J connectivity index is 1.86. The van der Waals surface area contributed by atoms with Crippen molar-refractivity contribution in [3.8, 4) is 0 Å². The van der Waals surface area contributed by atoms with E-state index in [1.807, 2.05) is 0 Å². The molecule has 0 radical (unpaired) electrons. The number of hydrogen-bond acceptors (Lipinski definition) is 0. The molecular formula is C35H53N2+. The molecular weight excluding hydrogens is 448 g/mol. The fraction of sp³-hybridized carbons (Fsp3) is 0.571. The van der Waals surface area contributed by atoms with Crippen molar-refractivity contribution in [2.45, 2.75) is 129 Å². The molecule has 0 bridgehead atoms. The van der Waals surface area contributed by atoms with Crippen LogP contribution in [0.25, 0.3) is 0 Å². The summed E-state index contributed by atoms with van der Waals surface area (Å²) in [7, 11) is 0. The summed E-state index contributed by atoms with van der Waals surface area (Å²) in [5.41, 5.74) is 2.89. The highest BCUT2D eigenvalue weighted by Gasteiger charge is 2.41. The van der Waals surface area contributed by atoms with Crippen molar-refractivity contribution in [2.24, 2.45) is 0 Å². The number of aromatic nitrogens is 2. The van der Waals surface area contributed by atoms with Crippen LogP contribution in [0.15, 0.2) is 73.1 Å². The van der Waals surface area contributed by atoms with E-state index in [9.17, 15) is 0 Å². The summed E-state index contributed by atoms with van der Waals surface area (Å²) in [6, 6.07) is 22.5.